The first-order chi connectivity index (χ1) is 9.12. The maximum absolute atomic E-state index is 12.4. The topological polar surface area (TPSA) is 97.5 Å². The van der Waals surface area contributed by atoms with Gasteiger partial charge in [0.2, 0.25) is 10.0 Å². The van der Waals surface area contributed by atoms with E-state index in [-0.39, 0.29) is 17.3 Å². The molecule has 0 aliphatic carbocycles. The highest BCUT2D eigenvalue weighted by atomic mass is 79.9. The summed E-state index contributed by atoms with van der Waals surface area (Å²) in [6, 6.07) is 1.35. The van der Waals surface area contributed by atoms with Gasteiger partial charge in [0.25, 0.3) is 10.0 Å². The Labute approximate surface area is 135 Å². The summed E-state index contributed by atoms with van der Waals surface area (Å²) < 4.78 is 49.4. The van der Waals surface area contributed by atoms with Crippen molar-refractivity contribution < 1.29 is 16.8 Å². The van der Waals surface area contributed by atoms with E-state index in [9.17, 15) is 16.8 Å². The zero-order chi connectivity index (χ0) is 15.1. The fraction of sp³-hybridized carbons (Fsp3) is 0.556. The van der Waals surface area contributed by atoms with Crippen molar-refractivity contribution in [1.82, 2.24) is 4.31 Å². The second kappa shape index (κ2) is 5.82. The van der Waals surface area contributed by atoms with Crippen LogP contribution in [-0.2, 0) is 20.0 Å². The van der Waals surface area contributed by atoms with E-state index < -0.39 is 25.3 Å². The Morgan fingerprint density at radius 1 is 1.40 bits per heavy atom. The summed E-state index contributed by atoms with van der Waals surface area (Å²) in [5.41, 5.74) is 0. The first-order valence-corrected chi connectivity index (χ1v) is 10.6. The number of nitrogens with two attached hydrogens (primary N) is 1. The molecule has 1 aromatic rings. The molecule has 11 heteroatoms. The quantitative estimate of drug-likeness (QED) is 0.798. The van der Waals surface area contributed by atoms with Crippen molar-refractivity contribution >= 4 is 58.9 Å². The van der Waals surface area contributed by atoms with Crippen molar-refractivity contribution in [3.8, 4) is 0 Å². The third-order valence-corrected chi connectivity index (χ3v) is 9.13. The fourth-order valence-corrected chi connectivity index (χ4v) is 7.03. The molecule has 6 nitrogen and oxygen atoms in total. The van der Waals surface area contributed by atoms with E-state index in [4.69, 9.17) is 16.7 Å². The van der Waals surface area contributed by atoms with Crippen LogP contribution in [0, 0.1) is 0 Å². The Kier molecular flexibility index (Phi) is 4.85. The highest BCUT2D eigenvalue weighted by Crippen LogP contribution is 2.36. The van der Waals surface area contributed by atoms with Gasteiger partial charge in [0.05, 0.1) is 14.1 Å². The Balaban J connectivity index is 2.30. The van der Waals surface area contributed by atoms with Crippen molar-refractivity contribution in [2.45, 2.75) is 22.3 Å². The van der Waals surface area contributed by atoms with Crippen LogP contribution in [0.15, 0.2) is 14.1 Å². The predicted octanol–water partition coefficient (Wildman–Crippen LogP) is 1.61. The summed E-state index contributed by atoms with van der Waals surface area (Å²) in [5, 5.41) is 4.56. The van der Waals surface area contributed by atoms with Crippen LogP contribution in [0.5, 0.6) is 0 Å². The molecule has 0 radical (unpaired) electrons. The maximum Gasteiger partial charge on any atom is 0.252 e. The van der Waals surface area contributed by atoms with Gasteiger partial charge in [0.1, 0.15) is 4.21 Å². The summed E-state index contributed by atoms with van der Waals surface area (Å²) in [4.78, 5) is 0. The highest BCUT2D eigenvalue weighted by molar-refractivity contribution is 9.11. The van der Waals surface area contributed by atoms with Crippen LogP contribution in [0.1, 0.15) is 12.8 Å². The third-order valence-electron chi connectivity index (χ3n) is 3.02. The number of piperidine rings is 1. The number of sulfonamides is 2. The molecule has 1 atom stereocenters. The lowest BCUT2D eigenvalue weighted by Gasteiger charge is -2.30. The van der Waals surface area contributed by atoms with Crippen LogP contribution < -0.4 is 5.14 Å². The molecule has 0 saturated carbocycles. The van der Waals surface area contributed by atoms with Crippen LogP contribution in [0.25, 0.3) is 0 Å². The minimum Gasteiger partial charge on any atom is -0.228 e. The number of hydrogen-bond donors (Lipinski definition) is 1. The first-order valence-electron chi connectivity index (χ1n) is 5.59. The molecule has 20 heavy (non-hydrogen) atoms. The molecule has 1 aromatic heterocycles. The van der Waals surface area contributed by atoms with Gasteiger partial charge < -0.3 is 0 Å². The van der Waals surface area contributed by atoms with E-state index in [1.54, 1.807) is 0 Å². The van der Waals surface area contributed by atoms with Crippen molar-refractivity contribution in [2.75, 3.05) is 13.1 Å². The Morgan fingerprint density at radius 3 is 2.55 bits per heavy atom. The van der Waals surface area contributed by atoms with Crippen LogP contribution in [-0.4, -0.2) is 39.5 Å². The van der Waals surface area contributed by atoms with Crippen LogP contribution >= 0.6 is 38.9 Å². The first kappa shape index (κ1) is 16.7. The zero-order valence-electron chi connectivity index (χ0n) is 10.1. The SMILES string of the molecule is NS(=O)(=O)C1CCCN(S(=O)(=O)c2cc(Cl)c(Br)s2)C1. The summed E-state index contributed by atoms with van der Waals surface area (Å²) in [6.45, 7) is 0.162. The lowest BCUT2D eigenvalue weighted by Crippen LogP contribution is -2.46. The van der Waals surface area contributed by atoms with Crippen LogP contribution in [0.3, 0.4) is 0 Å². The molecule has 2 N–H and O–H groups in total. The molecule has 114 valence electrons. The summed E-state index contributed by atoms with van der Waals surface area (Å²) in [6.07, 6.45) is 0.834. The molecule has 0 bridgehead atoms. The van der Waals surface area contributed by atoms with Gasteiger partial charge >= 0.3 is 0 Å². The average Bonchev–Trinajstić information content (AvgIpc) is 2.69. The molecule has 1 unspecified atom stereocenters. The van der Waals surface area contributed by atoms with Gasteiger partial charge in [-0.15, -0.1) is 11.3 Å². The molecular formula is C9H12BrClN2O4S3. The van der Waals surface area contributed by atoms with Gasteiger partial charge in [0, 0.05) is 13.1 Å². The van der Waals surface area contributed by atoms with Crippen molar-refractivity contribution in [1.29, 1.82) is 0 Å². The van der Waals surface area contributed by atoms with E-state index in [2.05, 4.69) is 15.9 Å². The monoisotopic (exact) mass is 422 g/mol. The van der Waals surface area contributed by atoms with Crippen LogP contribution in [0.4, 0.5) is 0 Å². The van der Waals surface area contributed by atoms with Crippen LogP contribution in [0.2, 0.25) is 5.02 Å². The maximum atomic E-state index is 12.4. The molecule has 0 aromatic carbocycles. The second-order valence-electron chi connectivity index (χ2n) is 4.40. The number of rotatable bonds is 3. The number of halogens is 2. The summed E-state index contributed by atoms with van der Waals surface area (Å²) in [5.74, 6) is 0. The van der Waals surface area contributed by atoms with Gasteiger partial charge in [-0.2, -0.15) is 4.31 Å². The lowest BCUT2D eigenvalue weighted by molar-refractivity contribution is 0.346. The fourth-order valence-electron chi connectivity index (χ4n) is 1.97. The van der Waals surface area contributed by atoms with E-state index in [1.807, 2.05) is 0 Å². The Bertz CT molecular complexity index is 696. The molecule has 2 rings (SSSR count). The number of hydrogen-bond acceptors (Lipinski definition) is 5. The van der Waals surface area contributed by atoms with Crippen molar-refractivity contribution in [3.63, 3.8) is 0 Å². The van der Waals surface area contributed by atoms with Gasteiger partial charge in [-0.25, -0.2) is 22.0 Å². The molecular weight excluding hydrogens is 412 g/mol. The van der Waals surface area contributed by atoms with Gasteiger partial charge in [-0.1, -0.05) is 11.6 Å². The summed E-state index contributed by atoms with van der Waals surface area (Å²) >= 11 is 10.0. The van der Waals surface area contributed by atoms with Crippen molar-refractivity contribution in [2.24, 2.45) is 5.14 Å². The predicted molar refractivity (Wildman–Crippen MR) is 81.9 cm³/mol. The molecule has 2 heterocycles. The van der Waals surface area contributed by atoms with Gasteiger partial charge in [-0.3, -0.25) is 0 Å². The number of thiophene rings is 1. The molecule has 1 fully saturated rings. The zero-order valence-corrected chi connectivity index (χ0v) is 14.9. The lowest BCUT2D eigenvalue weighted by atomic mass is 10.2. The molecule has 1 aliphatic rings. The standard InChI is InChI=1S/C9H12BrClN2O4S3/c10-9-7(11)4-8(18-9)20(16,17)13-3-1-2-6(5-13)19(12,14)15/h4,6H,1-3,5H2,(H2,12,14,15). The average molecular weight is 424 g/mol. The van der Waals surface area contributed by atoms with Gasteiger partial charge in [0.15, 0.2) is 0 Å². The molecule has 1 saturated heterocycles. The largest absolute Gasteiger partial charge is 0.252 e. The third kappa shape index (κ3) is 3.37. The molecule has 0 amide bonds. The Morgan fingerprint density at radius 2 is 2.05 bits per heavy atom. The normalized spacial score (nSPS) is 22.1. The van der Waals surface area contributed by atoms with E-state index >= 15 is 0 Å². The minimum atomic E-state index is -3.74. The van der Waals surface area contributed by atoms with E-state index in [1.165, 1.54) is 6.07 Å². The van der Waals surface area contributed by atoms with Gasteiger partial charge in [-0.05, 0) is 34.8 Å². The highest BCUT2D eigenvalue weighted by Gasteiger charge is 2.35. The van der Waals surface area contributed by atoms with E-state index in [0.717, 1.165) is 15.6 Å². The smallest absolute Gasteiger partial charge is 0.228 e. The Hall–Kier alpha value is 0.290. The van der Waals surface area contributed by atoms with Crippen molar-refractivity contribution in [3.05, 3.63) is 14.9 Å². The molecule has 1 aliphatic heterocycles. The van der Waals surface area contributed by atoms with E-state index in [0.29, 0.717) is 21.7 Å². The minimum absolute atomic E-state index is 0.0874. The second-order valence-corrected chi connectivity index (χ2v) is 11.2. The number of primary sulfonamides is 1. The number of nitrogens with zero attached hydrogens (tertiary/aromatic N) is 1. The summed E-state index contributed by atoms with van der Waals surface area (Å²) in [7, 11) is -7.48. The molecule has 0 spiro atoms.